The lowest BCUT2D eigenvalue weighted by Gasteiger charge is -2.27. The molecule has 1 rings (SSSR count). The Morgan fingerprint density at radius 3 is 2.20 bits per heavy atom. The Bertz CT molecular complexity index is 270. The van der Waals surface area contributed by atoms with E-state index in [1.165, 1.54) is 0 Å². The van der Waals surface area contributed by atoms with Crippen molar-refractivity contribution < 1.29 is 17.9 Å². The fourth-order valence-electron chi connectivity index (χ4n) is 1.75. The van der Waals surface area contributed by atoms with Crippen LogP contribution in [0.4, 0.5) is 0 Å². The van der Waals surface area contributed by atoms with Gasteiger partial charge in [0.2, 0.25) is 9.05 Å². The standard InChI is InChI=1S/C9H17ClO4S/c1-13-8-2-4-9(5-3-8)14-6-7-15(10,11)12/h8-9H,2-7H2,1H3. The van der Waals surface area contributed by atoms with Gasteiger partial charge in [0.05, 0.1) is 24.6 Å². The van der Waals surface area contributed by atoms with E-state index in [1.54, 1.807) is 7.11 Å². The van der Waals surface area contributed by atoms with E-state index >= 15 is 0 Å². The lowest BCUT2D eigenvalue weighted by molar-refractivity contribution is -0.0112. The minimum Gasteiger partial charge on any atom is -0.381 e. The first-order valence-electron chi connectivity index (χ1n) is 5.08. The summed E-state index contributed by atoms with van der Waals surface area (Å²) in [5.41, 5.74) is 0. The summed E-state index contributed by atoms with van der Waals surface area (Å²) < 4.78 is 31.9. The quantitative estimate of drug-likeness (QED) is 0.700. The number of hydrogen-bond donors (Lipinski definition) is 0. The smallest absolute Gasteiger partial charge is 0.234 e. The van der Waals surface area contributed by atoms with E-state index in [1.807, 2.05) is 0 Å². The molecule has 0 radical (unpaired) electrons. The van der Waals surface area contributed by atoms with Gasteiger partial charge in [-0.05, 0) is 25.7 Å². The van der Waals surface area contributed by atoms with Gasteiger partial charge in [-0.2, -0.15) is 0 Å². The minimum atomic E-state index is -3.42. The van der Waals surface area contributed by atoms with E-state index in [2.05, 4.69) is 0 Å². The Hall–Kier alpha value is 0.160. The molecule has 6 heteroatoms. The highest BCUT2D eigenvalue weighted by Crippen LogP contribution is 2.22. The maximum Gasteiger partial charge on any atom is 0.234 e. The summed E-state index contributed by atoms with van der Waals surface area (Å²) in [7, 11) is 3.37. The molecular formula is C9H17ClO4S. The van der Waals surface area contributed by atoms with Crippen molar-refractivity contribution in [2.75, 3.05) is 19.5 Å². The summed E-state index contributed by atoms with van der Waals surface area (Å²) in [4.78, 5) is 0. The Morgan fingerprint density at radius 2 is 1.73 bits per heavy atom. The Balaban J connectivity index is 2.14. The molecular weight excluding hydrogens is 240 g/mol. The van der Waals surface area contributed by atoms with Crippen molar-refractivity contribution >= 4 is 19.7 Å². The van der Waals surface area contributed by atoms with Crippen LogP contribution in [0.3, 0.4) is 0 Å². The second-order valence-corrected chi connectivity index (χ2v) is 6.64. The van der Waals surface area contributed by atoms with Crippen LogP contribution >= 0.6 is 10.7 Å². The van der Waals surface area contributed by atoms with Crippen molar-refractivity contribution in [3.8, 4) is 0 Å². The second kappa shape index (κ2) is 6.03. The molecule has 0 bridgehead atoms. The lowest BCUT2D eigenvalue weighted by Crippen LogP contribution is -2.26. The molecule has 0 saturated heterocycles. The zero-order valence-electron chi connectivity index (χ0n) is 8.82. The summed E-state index contributed by atoms with van der Waals surface area (Å²) in [5.74, 6) is -0.112. The molecule has 4 nitrogen and oxygen atoms in total. The van der Waals surface area contributed by atoms with E-state index in [4.69, 9.17) is 20.2 Å². The second-order valence-electron chi connectivity index (χ2n) is 3.75. The van der Waals surface area contributed by atoms with Crippen molar-refractivity contribution in [2.45, 2.75) is 37.9 Å². The summed E-state index contributed by atoms with van der Waals surface area (Å²) in [5, 5.41) is 0. The first kappa shape index (κ1) is 13.2. The fourth-order valence-corrected chi connectivity index (χ4v) is 2.23. The number of ether oxygens (including phenoxy) is 2. The van der Waals surface area contributed by atoms with Crippen molar-refractivity contribution in [1.82, 2.24) is 0 Å². The van der Waals surface area contributed by atoms with Gasteiger partial charge in [-0.15, -0.1) is 0 Å². The van der Waals surface area contributed by atoms with Crippen molar-refractivity contribution in [3.05, 3.63) is 0 Å². The van der Waals surface area contributed by atoms with Gasteiger partial charge in [-0.3, -0.25) is 0 Å². The maximum atomic E-state index is 10.6. The van der Waals surface area contributed by atoms with Crippen LogP contribution in [0, 0.1) is 0 Å². The summed E-state index contributed by atoms with van der Waals surface area (Å²) in [6, 6.07) is 0. The van der Waals surface area contributed by atoms with Crippen molar-refractivity contribution in [3.63, 3.8) is 0 Å². The third-order valence-corrected chi connectivity index (χ3v) is 3.75. The van der Waals surface area contributed by atoms with Crippen LogP contribution in [0.15, 0.2) is 0 Å². The molecule has 0 N–H and O–H groups in total. The van der Waals surface area contributed by atoms with Gasteiger partial charge in [0.15, 0.2) is 0 Å². The van der Waals surface area contributed by atoms with Crippen LogP contribution in [-0.4, -0.2) is 40.1 Å². The fraction of sp³-hybridized carbons (Fsp3) is 1.00. The molecule has 0 heterocycles. The van der Waals surface area contributed by atoms with Crippen molar-refractivity contribution in [2.24, 2.45) is 0 Å². The number of halogens is 1. The molecule has 0 aliphatic heterocycles. The Kier molecular flexibility index (Phi) is 5.32. The molecule has 1 aliphatic carbocycles. The van der Waals surface area contributed by atoms with Gasteiger partial charge < -0.3 is 9.47 Å². The zero-order chi connectivity index (χ0) is 11.3. The molecule has 90 valence electrons. The van der Waals surface area contributed by atoms with Crippen LogP contribution in [0.1, 0.15) is 25.7 Å². The van der Waals surface area contributed by atoms with Gasteiger partial charge in [0.25, 0.3) is 0 Å². The topological polar surface area (TPSA) is 52.6 Å². The molecule has 0 atom stereocenters. The first-order valence-corrected chi connectivity index (χ1v) is 7.56. The van der Waals surface area contributed by atoms with Gasteiger partial charge in [-0.1, -0.05) is 0 Å². The first-order chi connectivity index (χ1) is 7.01. The SMILES string of the molecule is COC1CCC(OCCS(=O)(=O)Cl)CC1. The molecule has 1 aliphatic rings. The molecule has 0 aromatic heterocycles. The van der Waals surface area contributed by atoms with Crippen LogP contribution in [0.5, 0.6) is 0 Å². The van der Waals surface area contributed by atoms with E-state index in [0.29, 0.717) is 6.10 Å². The van der Waals surface area contributed by atoms with Crippen LogP contribution in [0.2, 0.25) is 0 Å². The highest BCUT2D eigenvalue weighted by molar-refractivity contribution is 8.13. The molecule has 1 saturated carbocycles. The number of methoxy groups -OCH3 is 1. The van der Waals surface area contributed by atoms with E-state index in [0.717, 1.165) is 25.7 Å². The largest absolute Gasteiger partial charge is 0.381 e. The average molecular weight is 257 g/mol. The van der Waals surface area contributed by atoms with Gasteiger partial charge in [0.1, 0.15) is 0 Å². The highest BCUT2D eigenvalue weighted by Gasteiger charge is 2.21. The third-order valence-electron chi connectivity index (χ3n) is 2.64. The number of hydrogen-bond acceptors (Lipinski definition) is 4. The van der Waals surface area contributed by atoms with Crippen LogP contribution in [-0.2, 0) is 18.5 Å². The van der Waals surface area contributed by atoms with Crippen molar-refractivity contribution in [1.29, 1.82) is 0 Å². The third kappa shape index (κ3) is 5.70. The predicted octanol–water partition coefficient (Wildman–Crippen LogP) is 1.53. The highest BCUT2D eigenvalue weighted by atomic mass is 35.7. The minimum absolute atomic E-state index is 0.112. The van der Waals surface area contributed by atoms with E-state index in [9.17, 15) is 8.42 Å². The zero-order valence-corrected chi connectivity index (χ0v) is 10.4. The monoisotopic (exact) mass is 256 g/mol. The summed E-state index contributed by atoms with van der Waals surface area (Å²) in [6.07, 6.45) is 4.32. The van der Waals surface area contributed by atoms with E-state index < -0.39 is 9.05 Å². The molecule has 0 aromatic carbocycles. The average Bonchev–Trinajstić information content (AvgIpc) is 2.17. The molecule has 0 spiro atoms. The normalized spacial score (nSPS) is 27.9. The molecule has 1 fully saturated rings. The molecule has 15 heavy (non-hydrogen) atoms. The van der Waals surface area contributed by atoms with Gasteiger partial charge in [0, 0.05) is 17.8 Å². The van der Waals surface area contributed by atoms with Gasteiger partial charge in [-0.25, -0.2) is 8.42 Å². The van der Waals surface area contributed by atoms with Crippen LogP contribution < -0.4 is 0 Å². The summed E-state index contributed by atoms with van der Waals surface area (Å²) in [6.45, 7) is 0.189. The Labute approximate surface area is 95.3 Å². The van der Waals surface area contributed by atoms with Crippen LogP contribution in [0.25, 0.3) is 0 Å². The van der Waals surface area contributed by atoms with Gasteiger partial charge >= 0.3 is 0 Å². The lowest BCUT2D eigenvalue weighted by atomic mass is 9.95. The Morgan fingerprint density at radius 1 is 1.20 bits per heavy atom. The van der Waals surface area contributed by atoms with E-state index in [-0.39, 0.29) is 18.5 Å². The molecule has 0 amide bonds. The maximum absolute atomic E-state index is 10.6. The molecule has 0 aromatic rings. The summed E-state index contributed by atoms with van der Waals surface area (Å²) >= 11 is 0. The predicted molar refractivity (Wildman–Crippen MR) is 58.6 cm³/mol. The molecule has 0 unspecified atom stereocenters. The number of rotatable bonds is 5.